The molecule has 0 aliphatic heterocycles. The van der Waals surface area contributed by atoms with Crippen LogP contribution < -0.4 is 4.72 Å². The molecule has 0 radical (unpaired) electrons. The summed E-state index contributed by atoms with van der Waals surface area (Å²) in [6.07, 6.45) is 2.87. The van der Waals surface area contributed by atoms with E-state index in [1.165, 1.54) is 10.9 Å². The van der Waals surface area contributed by atoms with Gasteiger partial charge in [0.15, 0.2) is 5.03 Å². The van der Waals surface area contributed by atoms with Crippen LogP contribution in [0.5, 0.6) is 0 Å². The van der Waals surface area contributed by atoms with E-state index in [1.807, 2.05) is 30.3 Å². The molecule has 1 fully saturated rings. The first-order valence-corrected chi connectivity index (χ1v) is 7.46. The molecule has 19 heavy (non-hydrogen) atoms. The van der Waals surface area contributed by atoms with Crippen LogP contribution in [0.1, 0.15) is 18.4 Å². The second-order valence-corrected chi connectivity index (χ2v) is 6.38. The van der Waals surface area contributed by atoms with Gasteiger partial charge in [-0.15, -0.1) is 5.10 Å². The SMILES string of the molecule is Cn1nncc1S(=O)(=O)NC1(c2ccccc2)CC1. The molecule has 0 unspecified atom stereocenters. The third-order valence-electron chi connectivity index (χ3n) is 3.35. The Bertz CT molecular complexity index is 690. The lowest BCUT2D eigenvalue weighted by molar-refractivity contribution is 0.536. The molecule has 1 aromatic heterocycles. The fourth-order valence-corrected chi connectivity index (χ4v) is 3.68. The van der Waals surface area contributed by atoms with Crippen molar-refractivity contribution in [3.8, 4) is 0 Å². The van der Waals surface area contributed by atoms with Crippen LogP contribution in [0.4, 0.5) is 0 Å². The lowest BCUT2D eigenvalue weighted by Gasteiger charge is -2.17. The van der Waals surface area contributed by atoms with Crippen molar-refractivity contribution < 1.29 is 8.42 Å². The standard InChI is InChI=1S/C12H14N4O2S/c1-16-11(9-13-15-16)19(17,18)14-12(7-8-12)10-5-3-2-4-6-10/h2-6,9,14H,7-8H2,1H3. The monoisotopic (exact) mass is 278 g/mol. The molecule has 0 amide bonds. The summed E-state index contributed by atoms with van der Waals surface area (Å²) in [5, 5.41) is 7.34. The van der Waals surface area contributed by atoms with E-state index in [1.54, 1.807) is 7.05 Å². The lowest BCUT2D eigenvalue weighted by atomic mass is 10.1. The quantitative estimate of drug-likeness (QED) is 0.896. The number of aromatic nitrogens is 3. The lowest BCUT2D eigenvalue weighted by Crippen LogP contribution is -2.35. The van der Waals surface area contributed by atoms with Gasteiger partial charge in [-0.2, -0.15) is 4.72 Å². The molecule has 1 saturated carbocycles. The Morgan fingerprint density at radius 2 is 1.95 bits per heavy atom. The van der Waals surface area contributed by atoms with Crippen molar-refractivity contribution >= 4 is 10.0 Å². The molecule has 0 atom stereocenters. The van der Waals surface area contributed by atoms with Crippen LogP contribution in [0.15, 0.2) is 41.6 Å². The fraction of sp³-hybridized carbons (Fsp3) is 0.333. The van der Waals surface area contributed by atoms with Crippen molar-refractivity contribution in [3.05, 3.63) is 42.1 Å². The van der Waals surface area contributed by atoms with Gasteiger partial charge in [-0.05, 0) is 18.4 Å². The van der Waals surface area contributed by atoms with E-state index in [2.05, 4.69) is 15.0 Å². The third-order valence-corrected chi connectivity index (χ3v) is 4.93. The average Bonchev–Trinajstić information content (AvgIpc) is 3.02. The summed E-state index contributed by atoms with van der Waals surface area (Å²) < 4.78 is 28.7. The second-order valence-electron chi connectivity index (χ2n) is 4.75. The number of nitrogens with zero attached hydrogens (tertiary/aromatic N) is 3. The Morgan fingerprint density at radius 3 is 2.47 bits per heavy atom. The summed E-state index contributed by atoms with van der Waals surface area (Å²) in [5.41, 5.74) is 0.526. The zero-order chi connectivity index (χ0) is 13.5. The van der Waals surface area contributed by atoms with Crippen molar-refractivity contribution in [2.45, 2.75) is 23.4 Å². The minimum Gasteiger partial charge on any atom is -0.236 e. The number of hydrogen-bond acceptors (Lipinski definition) is 4. The maximum atomic E-state index is 12.3. The van der Waals surface area contributed by atoms with Gasteiger partial charge < -0.3 is 0 Å². The van der Waals surface area contributed by atoms with E-state index in [0.717, 1.165) is 18.4 Å². The Labute approximate surface area is 111 Å². The van der Waals surface area contributed by atoms with Crippen molar-refractivity contribution in [3.63, 3.8) is 0 Å². The number of rotatable bonds is 4. The Morgan fingerprint density at radius 1 is 1.26 bits per heavy atom. The molecule has 7 heteroatoms. The molecule has 1 aliphatic rings. The van der Waals surface area contributed by atoms with Crippen LogP contribution in [-0.4, -0.2) is 23.4 Å². The van der Waals surface area contributed by atoms with Crippen molar-refractivity contribution in [1.29, 1.82) is 0 Å². The molecule has 1 aromatic carbocycles. The fourth-order valence-electron chi connectivity index (χ4n) is 2.16. The average molecular weight is 278 g/mol. The summed E-state index contributed by atoms with van der Waals surface area (Å²) >= 11 is 0. The van der Waals surface area contributed by atoms with Crippen LogP contribution in [0.25, 0.3) is 0 Å². The maximum Gasteiger partial charge on any atom is 0.260 e. The predicted octanol–water partition coefficient (Wildman–Crippen LogP) is 0.783. The van der Waals surface area contributed by atoms with Gasteiger partial charge in [-0.25, -0.2) is 13.1 Å². The van der Waals surface area contributed by atoms with Gasteiger partial charge in [0.05, 0.1) is 11.7 Å². The maximum absolute atomic E-state index is 12.3. The zero-order valence-corrected chi connectivity index (χ0v) is 11.3. The largest absolute Gasteiger partial charge is 0.260 e. The molecule has 0 spiro atoms. The highest BCUT2D eigenvalue weighted by Gasteiger charge is 2.47. The van der Waals surface area contributed by atoms with Crippen LogP contribution in [0.3, 0.4) is 0 Å². The van der Waals surface area contributed by atoms with E-state index >= 15 is 0 Å². The van der Waals surface area contributed by atoms with Gasteiger partial charge in [-0.3, -0.25) is 0 Å². The van der Waals surface area contributed by atoms with Gasteiger partial charge in [0, 0.05) is 7.05 Å². The highest BCUT2D eigenvalue weighted by atomic mass is 32.2. The van der Waals surface area contributed by atoms with Crippen molar-refractivity contribution in [1.82, 2.24) is 19.7 Å². The number of nitrogens with one attached hydrogen (secondary N) is 1. The molecule has 0 saturated heterocycles. The molecule has 1 aliphatic carbocycles. The molecular formula is C12H14N4O2S. The van der Waals surface area contributed by atoms with Crippen LogP contribution in [0.2, 0.25) is 0 Å². The summed E-state index contributed by atoms with van der Waals surface area (Å²) in [6.45, 7) is 0. The zero-order valence-electron chi connectivity index (χ0n) is 10.4. The first kappa shape index (κ1) is 12.3. The molecule has 2 aromatic rings. The van der Waals surface area contributed by atoms with Gasteiger partial charge in [0.2, 0.25) is 0 Å². The van der Waals surface area contributed by atoms with E-state index < -0.39 is 15.6 Å². The normalized spacial score (nSPS) is 17.3. The van der Waals surface area contributed by atoms with Gasteiger partial charge in [0.1, 0.15) is 0 Å². The van der Waals surface area contributed by atoms with Crippen LogP contribution in [-0.2, 0) is 22.6 Å². The molecule has 1 heterocycles. The minimum absolute atomic E-state index is 0.0784. The first-order valence-electron chi connectivity index (χ1n) is 5.98. The Kier molecular flexibility index (Phi) is 2.68. The van der Waals surface area contributed by atoms with Gasteiger partial charge in [-0.1, -0.05) is 35.5 Å². The Hall–Kier alpha value is -1.73. The van der Waals surface area contributed by atoms with E-state index in [4.69, 9.17) is 0 Å². The van der Waals surface area contributed by atoms with E-state index in [9.17, 15) is 8.42 Å². The number of aryl methyl sites for hydroxylation is 1. The van der Waals surface area contributed by atoms with Crippen LogP contribution in [0, 0.1) is 0 Å². The molecule has 100 valence electrons. The van der Waals surface area contributed by atoms with Crippen LogP contribution >= 0.6 is 0 Å². The van der Waals surface area contributed by atoms with E-state index in [0.29, 0.717) is 0 Å². The second kappa shape index (κ2) is 4.14. The molecule has 3 rings (SSSR count). The van der Waals surface area contributed by atoms with Gasteiger partial charge in [0.25, 0.3) is 10.0 Å². The van der Waals surface area contributed by atoms with Crippen molar-refractivity contribution in [2.75, 3.05) is 0 Å². The predicted molar refractivity (Wildman–Crippen MR) is 68.7 cm³/mol. The molecular weight excluding hydrogens is 264 g/mol. The number of benzene rings is 1. The Balaban J connectivity index is 1.92. The molecule has 6 nitrogen and oxygen atoms in total. The topological polar surface area (TPSA) is 76.9 Å². The minimum atomic E-state index is -3.60. The van der Waals surface area contributed by atoms with Crippen molar-refractivity contribution in [2.24, 2.45) is 7.05 Å². The number of hydrogen-bond donors (Lipinski definition) is 1. The summed E-state index contributed by atoms with van der Waals surface area (Å²) in [5.74, 6) is 0. The van der Waals surface area contributed by atoms with Gasteiger partial charge >= 0.3 is 0 Å². The summed E-state index contributed by atoms with van der Waals surface area (Å²) in [7, 11) is -2.04. The smallest absolute Gasteiger partial charge is 0.236 e. The van der Waals surface area contributed by atoms with E-state index in [-0.39, 0.29) is 5.03 Å². The summed E-state index contributed by atoms with van der Waals surface area (Å²) in [6, 6.07) is 9.62. The highest BCUT2D eigenvalue weighted by Crippen LogP contribution is 2.46. The summed E-state index contributed by atoms with van der Waals surface area (Å²) in [4.78, 5) is 0. The molecule has 1 N–H and O–H groups in total. The first-order chi connectivity index (χ1) is 9.04. The molecule has 0 bridgehead atoms. The third kappa shape index (κ3) is 2.15. The highest BCUT2D eigenvalue weighted by molar-refractivity contribution is 7.89. The number of sulfonamides is 1.